The number of aliphatic hydroxyl groups is 2. The topological polar surface area (TPSA) is 58.9 Å². The van der Waals surface area contributed by atoms with Crippen molar-refractivity contribution in [3.63, 3.8) is 0 Å². The normalized spacial score (nSPS) is 13.4. The Balaban J connectivity index is 2.05. The summed E-state index contributed by atoms with van der Waals surface area (Å²) in [4.78, 5) is 0. The maximum Gasteiger partial charge on any atom is 0.118 e. The summed E-state index contributed by atoms with van der Waals surface area (Å²) in [5.74, 6) is 3.03. The summed E-state index contributed by atoms with van der Waals surface area (Å²) in [6.07, 6.45) is 6.24. The molecule has 0 unspecified atom stereocenters. The van der Waals surface area contributed by atoms with E-state index in [-0.39, 0.29) is 6.42 Å². The van der Waals surface area contributed by atoms with Crippen LogP contribution < -0.4 is 4.74 Å². The second-order valence-corrected chi connectivity index (χ2v) is 4.97. The van der Waals surface area contributed by atoms with E-state index in [2.05, 4.69) is 5.92 Å². The number of hydrogen-bond acceptors (Lipinski definition) is 4. The van der Waals surface area contributed by atoms with Crippen LogP contribution in [0.2, 0.25) is 0 Å². The van der Waals surface area contributed by atoms with E-state index >= 15 is 0 Å². The molecule has 21 heavy (non-hydrogen) atoms. The lowest BCUT2D eigenvalue weighted by molar-refractivity contribution is 0.0894. The molecule has 4 heteroatoms. The first-order chi connectivity index (χ1) is 10.2. The molecule has 1 aromatic rings. The van der Waals surface area contributed by atoms with Gasteiger partial charge in [0.05, 0.1) is 19.8 Å². The molecular formula is C17H24O4. The summed E-state index contributed by atoms with van der Waals surface area (Å²) < 4.78 is 10.7. The van der Waals surface area contributed by atoms with Crippen LogP contribution in [-0.2, 0) is 11.3 Å². The van der Waals surface area contributed by atoms with Gasteiger partial charge in [0.15, 0.2) is 0 Å². The first kappa shape index (κ1) is 17.5. The zero-order chi connectivity index (χ0) is 15.5. The van der Waals surface area contributed by atoms with Gasteiger partial charge in [0.1, 0.15) is 11.9 Å². The van der Waals surface area contributed by atoms with Gasteiger partial charge >= 0.3 is 0 Å². The van der Waals surface area contributed by atoms with Gasteiger partial charge in [0.25, 0.3) is 0 Å². The quantitative estimate of drug-likeness (QED) is 0.512. The Morgan fingerprint density at radius 3 is 2.52 bits per heavy atom. The van der Waals surface area contributed by atoms with Crippen molar-refractivity contribution < 1.29 is 19.7 Å². The van der Waals surface area contributed by atoms with Crippen LogP contribution in [0.15, 0.2) is 24.3 Å². The van der Waals surface area contributed by atoms with Gasteiger partial charge in [0, 0.05) is 13.0 Å². The van der Waals surface area contributed by atoms with E-state index in [9.17, 15) is 10.2 Å². The number of terminal acetylenes is 1. The number of benzene rings is 1. The molecule has 2 atom stereocenters. The summed E-state index contributed by atoms with van der Waals surface area (Å²) in [6.45, 7) is 1.22. The molecule has 0 saturated heterocycles. The van der Waals surface area contributed by atoms with Crippen molar-refractivity contribution >= 4 is 0 Å². The highest BCUT2D eigenvalue weighted by Crippen LogP contribution is 2.12. The zero-order valence-corrected chi connectivity index (χ0v) is 12.5. The van der Waals surface area contributed by atoms with Gasteiger partial charge < -0.3 is 19.7 Å². The molecule has 116 valence electrons. The van der Waals surface area contributed by atoms with Crippen molar-refractivity contribution in [1.29, 1.82) is 0 Å². The fourth-order valence-corrected chi connectivity index (χ4v) is 1.94. The fourth-order valence-electron chi connectivity index (χ4n) is 1.94. The number of unbranched alkanes of at least 4 members (excludes halogenated alkanes) is 1. The molecule has 0 aliphatic heterocycles. The summed E-state index contributed by atoms with van der Waals surface area (Å²) >= 11 is 0. The Morgan fingerprint density at radius 2 is 1.90 bits per heavy atom. The van der Waals surface area contributed by atoms with Gasteiger partial charge in [-0.2, -0.15) is 0 Å². The molecule has 2 N–H and O–H groups in total. The Bertz CT molecular complexity index is 421. The van der Waals surface area contributed by atoms with E-state index in [1.165, 1.54) is 0 Å². The Kier molecular flexibility index (Phi) is 8.53. The number of methoxy groups -OCH3 is 1. The van der Waals surface area contributed by atoms with Crippen molar-refractivity contribution in [3.8, 4) is 18.1 Å². The van der Waals surface area contributed by atoms with Gasteiger partial charge in [-0.15, -0.1) is 6.42 Å². The van der Waals surface area contributed by atoms with E-state index < -0.39 is 12.2 Å². The minimum absolute atomic E-state index is 0.239. The molecule has 0 spiro atoms. The first-order valence-electron chi connectivity index (χ1n) is 7.18. The second kappa shape index (κ2) is 10.2. The SMILES string of the molecule is C#C[C@H](O)C[C@@H](O)CCCCOCc1ccc(OC)cc1. The molecule has 4 nitrogen and oxygen atoms in total. The van der Waals surface area contributed by atoms with E-state index in [4.69, 9.17) is 15.9 Å². The molecule has 1 rings (SSSR count). The van der Waals surface area contributed by atoms with Crippen LogP contribution in [0, 0.1) is 12.3 Å². The van der Waals surface area contributed by atoms with Gasteiger partial charge in [-0.1, -0.05) is 18.1 Å². The number of aliphatic hydroxyl groups excluding tert-OH is 2. The predicted octanol–water partition coefficient (Wildman–Crippen LogP) is 2.13. The minimum atomic E-state index is -0.855. The molecule has 0 saturated carbocycles. The Labute approximate surface area is 126 Å². The van der Waals surface area contributed by atoms with Gasteiger partial charge in [0.2, 0.25) is 0 Å². The van der Waals surface area contributed by atoms with Crippen LogP contribution in [-0.4, -0.2) is 36.1 Å². The molecule has 0 aliphatic rings. The van der Waals surface area contributed by atoms with Crippen LogP contribution in [0.25, 0.3) is 0 Å². The van der Waals surface area contributed by atoms with Crippen LogP contribution in [0.1, 0.15) is 31.2 Å². The monoisotopic (exact) mass is 292 g/mol. The van der Waals surface area contributed by atoms with Crippen LogP contribution >= 0.6 is 0 Å². The molecule has 0 aromatic heterocycles. The van der Waals surface area contributed by atoms with Gasteiger partial charge in [-0.25, -0.2) is 0 Å². The van der Waals surface area contributed by atoms with Crippen molar-refractivity contribution in [2.24, 2.45) is 0 Å². The van der Waals surface area contributed by atoms with Gasteiger partial charge in [-0.3, -0.25) is 0 Å². The van der Waals surface area contributed by atoms with Crippen LogP contribution in [0.5, 0.6) is 5.75 Å². The Morgan fingerprint density at radius 1 is 1.19 bits per heavy atom. The minimum Gasteiger partial charge on any atom is -0.497 e. The van der Waals surface area contributed by atoms with Gasteiger partial charge in [-0.05, 0) is 37.0 Å². The molecule has 1 aromatic carbocycles. The lowest BCUT2D eigenvalue weighted by Gasteiger charge is -2.11. The zero-order valence-electron chi connectivity index (χ0n) is 12.5. The summed E-state index contributed by atoms with van der Waals surface area (Å²) in [7, 11) is 1.64. The molecule has 0 amide bonds. The molecule has 0 aliphatic carbocycles. The highest BCUT2D eigenvalue weighted by molar-refractivity contribution is 5.26. The average molecular weight is 292 g/mol. The third-order valence-corrected chi connectivity index (χ3v) is 3.19. The average Bonchev–Trinajstić information content (AvgIpc) is 2.51. The fraction of sp³-hybridized carbons (Fsp3) is 0.529. The lowest BCUT2D eigenvalue weighted by Crippen LogP contribution is -2.16. The molecule has 0 heterocycles. The Hall–Kier alpha value is -1.54. The van der Waals surface area contributed by atoms with E-state index in [1.807, 2.05) is 24.3 Å². The van der Waals surface area contributed by atoms with E-state index in [1.54, 1.807) is 7.11 Å². The maximum absolute atomic E-state index is 9.63. The lowest BCUT2D eigenvalue weighted by atomic mass is 10.1. The number of ether oxygens (including phenoxy) is 2. The molecule has 0 radical (unpaired) electrons. The van der Waals surface area contributed by atoms with E-state index in [0.29, 0.717) is 19.6 Å². The summed E-state index contributed by atoms with van der Waals surface area (Å²) in [5.41, 5.74) is 1.10. The summed E-state index contributed by atoms with van der Waals surface area (Å²) in [6, 6.07) is 7.77. The van der Waals surface area contributed by atoms with Crippen molar-refractivity contribution in [2.45, 2.75) is 44.5 Å². The summed E-state index contributed by atoms with van der Waals surface area (Å²) in [5, 5.41) is 18.8. The van der Waals surface area contributed by atoms with Crippen LogP contribution in [0.4, 0.5) is 0 Å². The second-order valence-electron chi connectivity index (χ2n) is 4.97. The van der Waals surface area contributed by atoms with Crippen molar-refractivity contribution in [1.82, 2.24) is 0 Å². The van der Waals surface area contributed by atoms with Crippen molar-refractivity contribution in [3.05, 3.63) is 29.8 Å². The number of rotatable bonds is 10. The standard InChI is InChI=1S/C17H24O4/c1-3-15(18)12-16(19)6-4-5-11-21-13-14-7-9-17(20-2)10-8-14/h1,7-10,15-16,18-19H,4-6,11-13H2,2H3/t15-,16-/m0/s1. The number of hydrogen-bond donors (Lipinski definition) is 2. The van der Waals surface area contributed by atoms with Crippen LogP contribution in [0.3, 0.4) is 0 Å². The predicted molar refractivity (Wildman–Crippen MR) is 82.0 cm³/mol. The third-order valence-electron chi connectivity index (χ3n) is 3.19. The highest BCUT2D eigenvalue weighted by Gasteiger charge is 2.08. The van der Waals surface area contributed by atoms with Crippen molar-refractivity contribution in [2.75, 3.05) is 13.7 Å². The molecule has 0 fully saturated rings. The third kappa shape index (κ3) is 7.72. The highest BCUT2D eigenvalue weighted by atomic mass is 16.5. The molecular weight excluding hydrogens is 268 g/mol. The largest absolute Gasteiger partial charge is 0.497 e. The maximum atomic E-state index is 9.63. The molecule has 0 bridgehead atoms. The smallest absolute Gasteiger partial charge is 0.118 e. The van der Waals surface area contributed by atoms with E-state index in [0.717, 1.165) is 24.2 Å². The first-order valence-corrected chi connectivity index (χ1v) is 7.18.